The number of hydrogen-bond donors (Lipinski definition) is 3. The van der Waals surface area contributed by atoms with Gasteiger partial charge in [0, 0.05) is 22.5 Å². The first kappa shape index (κ1) is 13.6. The van der Waals surface area contributed by atoms with E-state index in [4.69, 9.17) is 11.5 Å². The molecule has 0 aliphatic rings. The van der Waals surface area contributed by atoms with E-state index in [0.29, 0.717) is 11.8 Å². The summed E-state index contributed by atoms with van der Waals surface area (Å²) in [5.41, 5.74) is 17.2. The Hall–Kier alpha value is -3.08. The lowest BCUT2D eigenvalue weighted by Gasteiger charge is -2.10. The molecule has 23 heavy (non-hydrogen) atoms. The normalized spacial score (nSPS) is 11.3. The number of benzene rings is 2. The summed E-state index contributed by atoms with van der Waals surface area (Å²) < 4.78 is 0. The van der Waals surface area contributed by atoms with Gasteiger partial charge in [-0.05, 0) is 29.7 Å². The summed E-state index contributed by atoms with van der Waals surface area (Å²) >= 11 is 0. The van der Waals surface area contributed by atoms with Gasteiger partial charge in [0.2, 0.25) is 0 Å². The van der Waals surface area contributed by atoms with Gasteiger partial charge in [0.15, 0.2) is 5.95 Å². The highest BCUT2D eigenvalue weighted by molar-refractivity contribution is 6.15. The molecule has 0 aliphatic carbocycles. The summed E-state index contributed by atoms with van der Waals surface area (Å²) in [4.78, 5) is 11.8. The Labute approximate surface area is 133 Å². The molecule has 0 fully saturated rings. The van der Waals surface area contributed by atoms with Crippen molar-refractivity contribution in [1.82, 2.24) is 15.0 Å². The van der Waals surface area contributed by atoms with Crippen LogP contribution in [0.4, 0.5) is 11.8 Å². The topological polar surface area (TPSA) is 93.6 Å². The predicted octanol–water partition coefficient (Wildman–Crippen LogP) is 3.50. The minimum absolute atomic E-state index is 0.307. The molecule has 0 bridgehead atoms. The van der Waals surface area contributed by atoms with Gasteiger partial charge in [-0.25, -0.2) is 0 Å². The van der Waals surface area contributed by atoms with E-state index in [2.05, 4.69) is 46.1 Å². The van der Waals surface area contributed by atoms with Crippen molar-refractivity contribution in [2.75, 3.05) is 11.5 Å². The lowest BCUT2D eigenvalue weighted by atomic mass is 9.98. The van der Waals surface area contributed by atoms with Crippen molar-refractivity contribution < 1.29 is 0 Å². The van der Waals surface area contributed by atoms with Gasteiger partial charge in [0.1, 0.15) is 5.82 Å². The molecule has 0 atom stereocenters. The van der Waals surface area contributed by atoms with Crippen molar-refractivity contribution >= 4 is 33.6 Å². The lowest BCUT2D eigenvalue weighted by molar-refractivity contribution is 1.14. The van der Waals surface area contributed by atoms with E-state index in [1.807, 2.05) is 12.1 Å². The first-order valence-electron chi connectivity index (χ1n) is 7.59. The number of hydrogen-bond acceptors (Lipinski definition) is 4. The molecule has 0 unspecified atom stereocenters. The summed E-state index contributed by atoms with van der Waals surface area (Å²) in [7, 11) is 0. The Morgan fingerprint density at radius 3 is 2.61 bits per heavy atom. The zero-order valence-electron chi connectivity index (χ0n) is 12.8. The Morgan fingerprint density at radius 1 is 1.09 bits per heavy atom. The molecule has 0 spiro atoms. The number of nitrogens with two attached hydrogens (primary N) is 2. The predicted molar refractivity (Wildman–Crippen MR) is 95.0 cm³/mol. The van der Waals surface area contributed by atoms with E-state index in [9.17, 15) is 0 Å². The molecule has 0 radical (unpaired) electrons. The summed E-state index contributed by atoms with van der Waals surface area (Å²) in [5.74, 6) is 0.725. The van der Waals surface area contributed by atoms with Crippen molar-refractivity contribution in [3.8, 4) is 11.1 Å². The average molecular weight is 303 g/mol. The van der Waals surface area contributed by atoms with Crippen LogP contribution in [0, 0.1) is 0 Å². The van der Waals surface area contributed by atoms with Crippen LogP contribution in [0.15, 0.2) is 42.6 Å². The quantitative estimate of drug-likeness (QED) is 0.528. The maximum Gasteiger partial charge on any atom is 0.199 e. The number of H-pyrrole nitrogens is 1. The Morgan fingerprint density at radius 2 is 1.87 bits per heavy atom. The number of nitrogens with zero attached hydrogens (tertiary/aromatic N) is 2. The van der Waals surface area contributed by atoms with E-state index in [0.717, 1.165) is 39.4 Å². The molecular formula is C18H17N5. The van der Waals surface area contributed by atoms with Crippen molar-refractivity contribution in [2.45, 2.75) is 13.3 Å². The molecule has 4 aromatic rings. The van der Waals surface area contributed by atoms with Gasteiger partial charge >= 0.3 is 0 Å². The molecular weight excluding hydrogens is 286 g/mol. The standard InChI is InChI=1S/C18H17N5/c1-2-10-3-5-11(6-4-10)13-9-14-15(12-7-8-21-16(12)13)17(19)23-18(20)22-14/h3-9H,2,19H2,1H3,(H3,20,22,23). The summed E-state index contributed by atoms with van der Waals surface area (Å²) in [6.45, 7) is 2.15. The molecule has 0 aliphatic heterocycles. The van der Waals surface area contributed by atoms with Crippen molar-refractivity contribution in [1.29, 1.82) is 0 Å². The van der Waals surface area contributed by atoms with Crippen LogP contribution in [0.5, 0.6) is 0 Å². The largest absolute Gasteiger partial charge is 0.383 e. The van der Waals surface area contributed by atoms with Crippen LogP contribution in [-0.4, -0.2) is 15.0 Å². The molecule has 2 aromatic heterocycles. The SMILES string of the molecule is CCc1ccc(-c2cc3[nH]c(N)nc(N)c3c3ccnc23)cc1. The van der Waals surface area contributed by atoms with Crippen molar-refractivity contribution in [3.05, 3.63) is 48.2 Å². The van der Waals surface area contributed by atoms with Crippen LogP contribution in [0.3, 0.4) is 0 Å². The number of nitrogen functional groups attached to an aromatic ring is 2. The van der Waals surface area contributed by atoms with Gasteiger partial charge in [-0.3, -0.25) is 4.98 Å². The Bertz CT molecular complexity index is 1020. The van der Waals surface area contributed by atoms with E-state index >= 15 is 0 Å². The number of rotatable bonds is 2. The zero-order valence-corrected chi connectivity index (χ0v) is 12.8. The van der Waals surface area contributed by atoms with Gasteiger partial charge in [0.05, 0.1) is 11.0 Å². The zero-order chi connectivity index (χ0) is 16.0. The third-order valence-corrected chi connectivity index (χ3v) is 4.22. The summed E-state index contributed by atoms with van der Waals surface area (Å²) in [6.07, 6.45) is 2.82. The molecule has 4 rings (SSSR count). The highest BCUT2D eigenvalue weighted by Crippen LogP contribution is 2.35. The molecule has 114 valence electrons. The lowest BCUT2D eigenvalue weighted by Crippen LogP contribution is -2.01. The first-order valence-corrected chi connectivity index (χ1v) is 7.59. The van der Waals surface area contributed by atoms with E-state index in [1.54, 1.807) is 6.20 Å². The molecule has 2 aromatic carbocycles. The fourth-order valence-electron chi connectivity index (χ4n) is 3.05. The summed E-state index contributed by atoms with van der Waals surface area (Å²) in [5, 5.41) is 1.85. The van der Waals surface area contributed by atoms with Crippen molar-refractivity contribution in [2.24, 2.45) is 0 Å². The molecule has 5 nitrogen and oxygen atoms in total. The highest BCUT2D eigenvalue weighted by atomic mass is 15.0. The molecule has 0 saturated carbocycles. The maximum absolute atomic E-state index is 6.07. The molecule has 0 saturated heterocycles. The molecule has 5 N–H and O–H groups in total. The van der Waals surface area contributed by atoms with Crippen LogP contribution in [-0.2, 0) is 6.42 Å². The number of aromatic amines is 1. The summed E-state index contributed by atoms with van der Waals surface area (Å²) in [6, 6.07) is 12.5. The van der Waals surface area contributed by atoms with Crippen LogP contribution in [0.1, 0.15) is 12.5 Å². The number of nitrogens with one attached hydrogen (secondary N) is 1. The van der Waals surface area contributed by atoms with Gasteiger partial charge in [-0.1, -0.05) is 31.2 Å². The second-order valence-electron chi connectivity index (χ2n) is 5.61. The third kappa shape index (κ3) is 2.09. The molecule has 0 amide bonds. The fourth-order valence-corrected chi connectivity index (χ4v) is 3.05. The molecule has 2 heterocycles. The van der Waals surface area contributed by atoms with Gasteiger partial charge in [-0.2, -0.15) is 4.98 Å². The second-order valence-corrected chi connectivity index (χ2v) is 5.61. The monoisotopic (exact) mass is 303 g/mol. The number of aromatic nitrogens is 3. The van der Waals surface area contributed by atoms with E-state index < -0.39 is 0 Å². The average Bonchev–Trinajstić information content (AvgIpc) is 3.03. The van der Waals surface area contributed by atoms with Crippen LogP contribution in [0.25, 0.3) is 32.9 Å². The van der Waals surface area contributed by atoms with E-state index in [1.165, 1.54) is 5.56 Å². The first-order chi connectivity index (χ1) is 11.2. The second kappa shape index (κ2) is 4.98. The maximum atomic E-state index is 6.07. The highest BCUT2D eigenvalue weighted by Gasteiger charge is 2.13. The number of fused-ring (bicyclic) bond motifs is 3. The minimum Gasteiger partial charge on any atom is -0.383 e. The molecule has 5 heteroatoms. The fraction of sp³-hybridized carbons (Fsp3) is 0.111. The smallest absolute Gasteiger partial charge is 0.199 e. The van der Waals surface area contributed by atoms with Crippen molar-refractivity contribution in [3.63, 3.8) is 0 Å². The van der Waals surface area contributed by atoms with E-state index in [-0.39, 0.29) is 0 Å². The van der Waals surface area contributed by atoms with Gasteiger partial charge < -0.3 is 16.5 Å². The number of aryl methyl sites for hydroxylation is 1. The number of anilines is 2. The van der Waals surface area contributed by atoms with Gasteiger partial charge in [-0.15, -0.1) is 0 Å². The Balaban J connectivity index is 2.06. The van der Waals surface area contributed by atoms with Gasteiger partial charge in [0.25, 0.3) is 0 Å². The third-order valence-electron chi connectivity index (χ3n) is 4.22. The Kier molecular flexibility index (Phi) is 2.94. The van der Waals surface area contributed by atoms with Crippen LogP contribution >= 0.6 is 0 Å². The van der Waals surface area contributed by atoms with Crippen LogP contribution in [0.2, 0.25) is 0 Å². The minimum atomic E-state index is 0.307. The van der Waals surface area contributed by atoms with Crippen LogP contribution < -0.4 is 11.5 Å².